The van der Waals surface area contributed by atoms with Crippen LogP contribution in [-0.2, 0) is 23.5 Å². The van der Waals surface area contributed by atoms with E-state index < -0.39 is 33.9 Å². The summed E-state index contributed by atoms with van der Waals surface area (Å²) in [6.45, 7) is 5.50. The lowest BCUT2D eigenvalue weighted by atomic mass is 9.98. The van der Waals surface area contributed by atoms with Crippen LogP contribution in [0.1, 0.15) is 52.6 Å². The first kappa shape index (κ1) is 24.7. The van der Waals surface area contributed by atoms with Gasteiger partial charge in [0.1, 0.15) is 5.56 Å². The molecule has 2 heterocycles. The highest BCUT2D eigenvalue weighted by Gasteiger charge is 2.31. The minimum Gasteiger partial charge on any atom is -0.348 e. The van der Waals surface area contributed by atoms with Crippen molar-refractivity contribution in [2.75, 3.05) is 0 Å². The number of hydrogen-bond acceptors (Lipinski definition) is 3. The minimum absolute atomic E-state index is 0.0580. The number of amides is 1. The summed E-state index contributed by atoms with van der Waals surface area (Å²) in [5, 5.41) is 4.31. The molecule has 0 spiro atoms. The molecule has 1 atom stereocenters. The van der Waals surface area contributed by atoms with Crippen LogP contribution in [0.15, 0.2) is 63.8 Å². The van der Waals surface area contributed by atoms with Gasteiger partial charge in [0, 0.05) is 35.4 Å². The number of pyridine rings is 1. The standard InChI is InChI=1S/C26H23F3N2O3S/c1-15(2)31-14-21(25(33)30-13-17-7-8-22-18(11-17)9-10-35(22)34)24(32)23(16(31)3)19-5-4-6-20(12-19)26(27,28)29/h4-12,14-15H,13H2,1-3H3,(H,30,33). The normalized spacial score (nSPS) is 14.9. The van der Waals surface area contributed by atoms with Crippen molar-refractivity contribution >= 4 is 22.8 Å². The highest BCUT2D eigenvalue weighted by molar-refractivity contribution is 7.88. The lowest BCUT2D eigenvalue weighted by Crippen LogP contribution is -2.31. The van der Waals surface area contributed by atoms with Crippen molar-refractivity contribution in [1.29, 1.82) is 0 Å². The first-order valence-corrected chi connectivity index (χ1v) is 12.1. The molecule has 3 aromatic rings. The number of carbonyl (C=O) groups excluding carboxylic acids is 1. The Hall–Kier alpha value is -3.46. The van der Waals surface area contributed by atoms with E-state index >= 15 is 0 Å². The molecule has 1 aromatic heterocycles. The number of rotatable bonds is 5. The molecule has 0 saturated carbocycles. The van der Waals surface area contributed by atoms with Gasteiger partial charge in [0.25, 0.3) is 5.91 Å². The summed E-state index contributed by atoms with van der Waals surface area (Å²) in [6.07, 6.45) is -1.36. The van der Waals surface area contributed by atoms with E-state index in [1.807, 2.05) is 19.9 Å². The molecule has 0 bridgehead atoms. The summed E-state index contributed by atoms with van der Waals surface area (Å²) in [7, 11) is -1.17. The smallest absolute Gasteiger partial charge is 0.348 e. The second-order valence-electron chi connectivity index (χ2n) is 8.57. The Kier molecular flexibility index (Phi) is 6.55. The van der Waals surface area contributed by atoms with Gasteiger partial charge < -0.3 is 9.88 Å². The number of fused-ring (bicyclic) bond motifs is 1. The zero-order chi connectivity index (χ0) is 25.5. The Morgan fingerprint density at radius 2 is 1.89 bits per heavy atom. The second-order valence-corrected chi connectivity index (χ2v) is 9.87. The van der Waals surface area contributed by atoms with Crippen LogP contribution in [0.2, 0.25) is 0 Å². The third-order valence-electron chi connectivity index (χ3n) is 5.88. The van der Waals surface area contributed by atoms with Crippen molar-refractivity contribution in [1.82, 2.24) is 9.88 Å². The molecule has 5 nitrogen and oxygen atoms in total. The van der Waals surface area contributed by atoms with Gasteiger partial charge in [0.2, 0.25) is 5.43 Å². The number of nitrogens with zero attached hydrogens (tertiary/aromatic N) is 1. The van der Waals surface area contributed by atoms with Gasteiger partial charge in [-0.15, -0.1) is 0 Å². The fourth-order valence-electron chi connectivity index (χ4n) is 4.12. The van der Waals surface area contributed by atoms with E-state index in [9.17, 15) is 27.0 Å². The van der Waals surface area contributed by atoms with E-state index in [1.165, 1.54) is 18.3 Å². The molecule has 1 N–H and O–H groups in total. The molecule has 35 heavy (non-hydrogen) atoms. The van der Waals surface area contributed by atoms with Crippen LogP contribution in [0.5, 0.6) is 0 Å². The Labute approximate surface area is 202 Å². The van der Waals surface area contributed by atoms with E-state index in [0.717, 1.165) is 23.3 Å². The van der Waals surface area contributed by atoms with Gasteiger partial charge in [-0.05, 0) is 67.8 Å². The molecular formula is C26H23F3N2O3S. The predicted octanol–water partition coefficient (Wildman–Crippen LogP) is 5.45. The van der Waals surface area contributed by atoms with Crippen LogP contribution in [-0.4, -0.2) is 14.7 Å². The third-order valence-corrected chi connectivity index (χ3v) is 7.07. The van der Waals surface area contributed by atoms with E-state index in [-0.39, 0.29) is 29.3 Å². The molecule has 0 saturated heterocycles. The largest absolute Gasteiger partial charge is 0.416 e. The summed E-state index contributed by atoms with van der Waals surface area (Å²) in [6, 6.07) is 9.71. The second kappa shape index (κ2) is 9.30. The number of halogens is 3. The predicted molar refractivity (Wildman–Crippen MR) is 129 cm³/mol. The summed E-state index contributed by atoms with van der Waals surface area (Å²) in [4.78, 5) is 27.1. The van der Waals surface area contributed by atoms with Crippen molar-refractivity contribution in [3.63, 3.8) is 0 Å². The van der Waals surface area contributed by atoms with Crippen molar-refractivity contribution in [3.05, 3.63) is 92.2 Å². The van der Waals surface area contributed by atoms with Gasteiger partial charge in [-0.25, -0.2) is 4.21 Å². The molecule has 9 heteroatoms. The zero-order valence-corrected chi connectivity index (χ0v) is 20.1. The van der Waals surface area contributed by atoms with Crippen LogP contribution in [0.4, 0.5) is 13.2 Å². The van der Waals surface area contributed by atoms with Gasteiger partial charge in [-0.3, -0.25) is 9.59 Å². The van der Waals surface area contributed by atoms with Gasteiger partial charge in [0.05, 0.1) is 21.3 Å². The number of nitrogens with one attached hydrogen (secondary N) is 1. The lowest BCUT2D eigenvalue weighted by molar-refractivity contribution is -0.137. The average Bonchev–Trinajstić information content (AvgIpc) is 3.17. The molecule has 0 aliphatic carbocycles. The molecule has 2 aromatic carbocycles. The monoisotopic (exact) mass is 500 g/mol. The van der Waals surface area contributed by atoms with Crippen LogP contribution < -0.4 is 10.7 Å². The summed E-state index contributed by atoms with van der Waals surface area (Å²) >= 11 is 0. The van der Waals surface area contributed by atoms with Crippen molar-refractivity contribution in [3.8, 4) is 11.1 Å². The van der Waals surface area contributed by atoms with E-state index in [1.54, 1.807) is 35.1 Å². The number of hydrogen-bond donors (Lipinski definition) is 1. The Morgan fingerprint density at radius 1 is 1.14 bits per heavy atom. The Balaban J connectivity index is 1.71. The van der Waals surface area contributed by atoms with Crippen LogP contribution >= 0.6 is 0 Å². The number of carbonyl (C=O) groups is 1. The maximum atomic E-state index is 13.4. The first-order chi connectivity index (χ1) is 16.5. The van der Waals surface area contributed by atoms with Gasteiger partial charge >= 0.3 is 6.18 Å². The van der Waals surface area contributed by atoms with Crippen molar-refractivity contribution in [2.24, 2.45) is 0 Å². The molecular weight excluding hydrogens is 477 g/mol. The van der Waals surface area contributed by atoms with E-state index in [2.05, 4.69) is 5.32 Å². The number of alkyl halides is 3. The summed E-state index contributed by atoms with van der Waals surface area (Å²) < 4.78 is 53.5. The number of aromatic nitrogens is 1. The fraction of sp³-hybridized carbons (Fsp3) is 0.231. The molecule has 4 rings (SSSR count). The highest BCUT2D eigenvalue weighted by atomic mass is 32.2. The topological polar surface area (TPSA) is 68.2 Å². The van der Waals surface area contributed by atoms with Gasteiger partial charge in [0.15, 0.2) is 0 Å². The van der Waals surface area contributed by atoms with Crippen LogP contribution in [0.25, 0.3) is 17.2 Å². The third kappa shape index (κ3) is 4.86. The summed E-state index contributed by atoms with van der Waals surface area (Å²) in [5.41, 5.74) is 0.537. The van der Waals surface area contributed by atoms with Crippen molar-refractivity contribution < 1.29 is 22.2 Å². The summed E-state index contributed by atoms with van der Waals surface area (Å²) in [5.74, 6) is -0.628. The Bertz CT molecular complexity index is 1440. The van der Waals surface area contributed by atoms with E-state index in [4.69, 9.17) is 0 Å². The molecule has 0 radical (unpaired) electrons. The SMILES string of the molecule is Cc1c(-c2cccc(C(F)(F)F)c2)c(=O)c(C(=O)NCc2ccc3c(c2)C=CS3=O)cn1C(C)C. The maximum Gasteiger partial charge on any atom is 0.416 e. The molecule has 1 unspecified atom stereocenters. The fourth-order valence-corrected chi connectivity index (χ4v) is 5.10. The molecule has 182 valence electrons. The average molecular weight is 501 g/mol. The zero-order valence-electron chi connectivity index (χ0n) is 19.3. The minimum atomic E-state index is -4.56. The van der Waals surface area contributed by atoms with Crippen LogP contribution in [0, 0.1) is 6.92 Å². The maximum absolute atomic E-state index is 13.4. The lowest BCUT2D eigenvalue weighted by Gasteiger charge is -2.20. The van der Waals surface area contributed by atoms with E-state index in [0.29, 0.717) is 10.6 Å². The van der Waals surface area contributed by atoms with Gasteiger partial charge in [-0.1, -0.05) is 18.2 Å². The molecule has 1 amide bonds. The molecule has 0 fully saturated rings. The first-order valence-electron chi connectivity index (χ1n) is 10.9. The molecule has 1 aliphatic rings. The number of benzene rings is 2. The molecule has 1 aliphatic heterocycles. The van der Waals surface area contributed by atoms with Gasteiger partial charge in [-0.2, -0.15) is 13.2 Å². The van der Waals surface area contributed by atoms with Crippen LogP contribution in [0.3, 0.4) is 0 Å². The highest BCUT2D eigenvalue weighted by Crippen LogP contribution is 2.32. The Morgan fingerprint density at radius 3 is 2.57 bits per heavy atom. The van der Waals surface area contributed by atoms with Crippen molar-refractivity contribution in [2.45, 2.75) is 44.4 Å². The quantitative estimate of drug-likeness (QED) is 0.507.